The van der Waals surface area contributed by atoms with Gasteiger partial charge in [-0.3, -0.25) is 4.79 Å². The molecule has 5 heteroatoms. The zero-order valence-corrected chi connectivity index (χ0v) is 13.2. The van der Waals surface area contributed by atoms with Gasteiger partial charge in [-0.1, -0.05) is 20.8 Å². The van der Waals surface area contributed by atoms with E-state index in [-0.39, 0.29) is 16.9 Å². The molecule has 0 N–H and O–H groups in total. The molecule has 2 saturated carbocycles. The number of hydrogen-bond acceptors (Lipinski definition) is 4. The van der Waals surface area contributed by atoms with E-state index in [1.807, 2.05) is 0 Å². The van der Waals surface area contributed by atoms with Crippen molar-refractivity contribution in [2.75, 3.05) is 6.26 Å². The van der Waals surface area contributed by atoms with Crippen molar-refractivity contribution < 1.29 is 17.9 Å². The number of esters is 1. The second kappa shape index (κ2) is 4.21. The van der Waals surface area contributed by atoms with Crippen LogP contribution in [0, 0.1) is 16.7 Å². The van der Waals surface area contributed by atoms with Gasteiger partial charge >= 0.3 is 5.97 Å². The Balaban J connectivity index is 2.13. The van der Waals surface area contributed by atoms with E-state index in [4.69, 9.17) is 4.74 Å². The second-order valence-electron chi connectivity index (χ2n) is 7.01. The standard InChI is InChI=1S/C14H24O4S/c1-9(19(5,16)17)12(15)18-11-8-10-6-7-14(11,4)13(10,2)3/h9-11H,6-8H2,1-5H3. The third-order valence-corrected chi connectivity index (χ3v) is 7.42. The first-order valence-corrected chi connectivity index (χ1v) is 8.85. The predicted octanol–water partition coefficient (Wildman–Crippen LogP) is 2.18. The molecule has 0 aromatic carbocycles. The lowest BCUT2D eigenvalue weighted by Crippen LogP contribution is -2.41. The van der Waals surface area contributed by atoms with E-state index in [1.165, 1.54) is 13.3 Å². The summed E-state index contributed by atoms with van der Waals surface area (Å²) in [5.74, 6) is -0.0269. The van der Waals surface area contributed by atoms with Crippen molar-refractivity contribution in [2.24, 2.45) is 16.7 Å². The quantitative estimate of drug-likeness (QED) is 0.747. The Kier molecular flexibility index (Phi) is 3.28. The summed E-state index contributed by atoms with van der Waals surface area (Å²) in [6, 6.07) is 0. The Bertz CT molecular complexity index is 494. The van der Waals surface area contributed by atoms with E-state index >= 15 is 0 Å². The van der Waals surface area contributed by atoms with E-state index in [9.17, 15) is 13.2 Å². The lowest BCUT2D eigenvalue weighted by molar-refractivity contribution is -0.155. The highest BCUT2D eigenvalue weighted by atomic mass is 32.2. The summed E-state index contributed by atoms with van der Waals surface area (Å²) in [7, 11) is -3.38. The monoisotopic (exact) mass is 288 g/mol. The largest absolute Gasteiger partial charge is 0.461 e. The van der Waals surface area contributed by atoms with Crippen molar-refractivity contribution in [2.45, 2.75) is 58.3 Å². The van der Waals surface area contributed by atoms with Crippen LogP contribution in [0.15, 0.2) is 0 Å². The first-order valence-electron chi connectivity index (χ1n) is 6.89. The molecule has 0 radical (unpaired) electrons. The molecule has 0 spiro atoms. The van der Waals surface area contributed by atoms with E-state index < -0.39 is 21.1 Å². The Morgan fingerprint density at radius 1 is 1.32 bits per heavy atom. The molecule has 2 rings (SSSR count). The highest BCUT2D eigenvalue weighted by molar-refractivity contribution is 7.92. The average Bonchev–Trinajstić information content (AvgIpc) is 2.59. The van der Waals surface area contributed by atoms with Gasteiger partial charge in [0.15, 0.2) is 15.1 Å². The fraction of sp³-hybridized carbons (Fsp3) is 0.929. The van der Waals surface area contributed by atoms with Crippen LogP contribution in [0.25, 0.3) is 0 Å². The molecule has 2 fully saturated rings. The summed E-state index contributed by atoms with van der Waals surface area (Å²) in [5.41, 5.74) is 0.136. The molecule has 0 aromatic rings. The number of ether oxygens (including phenoxy) is 1. The van der Waals surface area contributed by atoms with Crippen LogP contribution < -0.4 is 0 Å². The summed E-state index contributed by atoms with van der Waals surface area (Å²) >= 11 is 0. The van der Waals surface area contributed by atoms with Gasteiger partial charge in [0, 0.05) is 11.7 Å². The van der Waals surface area contributed by atoms with Crippen LogP contribution in [-0.2, 0) is 19.4 Å². The fourth-order valence-electron chi connectivity index (χ4n) is 3.72. The molecular formula is C14H24O4S. The topological polar surface area (TPSA) is 60.4 Å². The van der Waals surface area contributed by atoms with Crippen molar-refractivity contribution in [1.29, 1.82) is 0 Å². The molecular weight excluding hydrogens is 264 g/mol. The molecule has 4 nitrogen and oxygen atoms in total. The minimum Gasteiger partial charge on any atom is -0.461 e. The SMILES string of the molecule is CC(C(=O)OC1CC2CCC1(C)C2(C)C)S(C)(=O)=O. The van der Waals surface area contributed by atoms with Crippen molar-refractivity contribution in [3.63, 3.8) is 0 Å². The maximum absolute atomic E-state index is 12.0. The molecule has 2 aliphatic rings. The molecule has 2 bridgehead atoms. The zero-order valence-electron chi connectivity index (χ0n) is 12.4. The number of fused-ring (bicyclic) bond motifs is 2. The van der Waals surface area contributed by atoms with E-state index in [0.717, 1.165) is 19.1 Å². The van der Waals surface area contributed by atoms with Gasteiger partial charge in [-0.2, -0.15) is 0 Å². The second-order valence-corrected chi connectivity index (χ2v) is 9.37. The van der Waals surface area contributed by atoms with E-state index in [2.05, 4.69) is 20.8 Å². The summed E-state index contributed by atoms with van der Waals surface area (Å²) in [5, 5.41) is -1.07. The molecule has 4 unspecified atom stereocenters. The summed E-state index contributed by atoms with van der Waals surface area (Å²) in [6.07, 6.45) is 4.03. The Morgan fingerprint density at radius 2 is 1.89 bits per heavy atom. The summed E-state index contributed by atoms with van der Waals surface area (Å²) in [4.78, 5) is 12.0. The molecule has 4 atom stereocenters. The first-order chi connectivity index (χ1) is 8.50. The Hall–Kier alpha value is -0.580. The lowest BCUT2D eigenvalue weighted by atomic mass is 9.70. The van der Waals surface area contributed by atoms with Gasteiger partial charge in [0.2, 0.25) is 0 Å². The van der Waals surface area contributed by atoms with Crippen LogP contribution in [0.3, 0.4) is 0 Å². The third-order valence-electron chi connectivity index (χ3n) is 5.95. The summed E-state index contributed by atoms with van der Waals surface area (Å²) < 4.78 is 28.4. The molecule has 0 saturated heterocycles. The predicted molar refractivity (Wildman–Crippen MR) is 73.4 cm³/mol. The van der Waals surface area contributed by atoms with Gasteiger partial charge in [-0.15, -0.1) is 0 Å². The van der Waals surface area contributed by atoms with Crippen molar-refractivity contribution in [1.82, 2.24) is 0 Å². The van der Waals surface area contributed by atoms with Gasteiger partial charge in [0.25, 0.3) is 0 Å². The fourth-order valence-corrected chi connectivity index (χ4v) is 4.12. The first kappa shape index (κ1) is 14.8. The lowest BCUT2D eigenvalue weighted by Gasteiger charge is -2.38. The normalized spacial score (nSPS) is 38.2. The zero-order chi connectivity index (χ0) is 14.6. The third kappa shape index (κ3) is 2.10. The molecule has 110 valence electrons. The van der Waals surface area contributed by atoms with Crippen LogP contribution in [0.5, 0.6) is 0 Å². The molecule has 0 aromatic heterocycles. The minimum atomic E-state index is -3.38. The molecule has 0 aliphatic heterocycles. The van der Waals surface area contributed by atoms with Gasteiger partial charge < -0.3 is 4.74 Å². The smallest absolute Gasteiger partial charge is 0.324 e. The molecule has 0 heterocycles. The van der Waals surface area contributed by atoms with Gasteiger partial charge in [0.1, 0.15) is 6.10 Å². The number of carbonyl (C=O) groups is 1. The van der Waals surface area contributed by atoms with Crippen molar-refractivity contribution in [3.05, 3.63) is 0 Å². The molecule has 0 amide bonds. The van der Waals surface area contributed by atoms with Crippen molar-refractivity contribution in [3.8, 4) is 0 Å². The number of sulfone groups is 1. The maximum atomic E-state index is 12.0. The van der Waals surface area contributed by atoms with Crippen LogP contribution in [0.4, 0.5) is 0 Å². The Morgan fingerprint density at radius 3 is 2.26 bits per heavy atom. The van der Waals surface area contributed by atoms with Gasteiger partial charge in [-0.25, -0.2) is 8.42 Å². The maximum Gasteiger partial charge on any atom is 0.324 e. The van der Waals surface area contributed by atoms with Crippen LogP contribution in [-0.4, -0.2) is 32.0 Å². The van der Waals surface area contributed by atoms with Crippen LogP contribution >= 0.6 is 0 Å². The molecule has 19 heavy (non-hydrogen) atoms. The van der Waals surface area contributed by atoms with Gasteiger partial charge in [0.05, 0.1) is 0 Å². The van der Waals surface area contributed by atoms with Gasteiger partial charge in [-0.05, 0) is 37.5 Å². The van der Waals surface area contributed by atoms with E-state index in [1.54, 1.807) is 0 Å². The Labute approximate surface area is 115 Å². The number of rotatable bonds is 3. The van der Waals surface area contributed by atoms with Crippen LogP contribution in [0.2, 0.25) is 0 Å². The highest BCUT2D eigenvalue weighted by Crippen LogP contribution is 2.66. The van der Waals surface area contributed by atoms with Crippen LogP contribution in [0.1, 0.15) is 47.0 Å². The average molecular weight is 288 g/mol. The van der Waals surface area contributed by atoms with E-state index in [0.29, 0.717) is 5.92 Å². The summed E-state index contributed by atoms with van der Waals surface area (Å²) in [6.45, 7) is 8.04. The minimum absolute atomic E-state index is 0.0233. The van der Waals surface area contributed by atoms with Crippen molar-refractivity contribution >= 4 is 15.8 Å². The number of hydrogen-bond donors (Lipinski definition) is 0. The molecule has 2 aliphatic carbocycles. The highest BCUT2D eigenvalue weighted by Gasteiger charge is 2.63. The number of carbonyl (C=O) groups excluding carboxylic acids is 1.